The van der Waals surface area contributed by atoms with Crippen LogP contribution in [0.1, 0.15) is 46.0 Å². The Morgan fingerprint density at radius 2 is 1.38 bits per heavy atom. The van der Waals surface area contributed by atoms with Gasteiger partial charge in [0.1, 0.15) is 0 Å². The maximum absolute atomic E-state index is 2.38. The zero-order chi connectivity index (χ0) is 6.04. The lowest BCUT2D eigenvalue weighted by atomic mass is 9.78. The number of hydrogen-bond acceptors (Lipinski definition) is 0. The zero-order valence-corrected chi connectivity index (χ0v) is 6.04. The molecule has 1 aliphatic rings. The molecule has 0 heterocycles. The van der Waals surface area contributed by atoms with Crippen molar-refractivity contribution in [3.05, 3.63) is 0 Å². The topological polar surface area (TPSA) is 0 Å². The fourth-order valence-electron chi connectivity index (χ4n) is 1.51. The Morgan fingerprint density at radius 1 is 0.875 bits per heavy atom. The summed E-state index contributed by atoms with van der Waals surface area (Å²) in [6, 6.07) is 0. The standard InChI is InChI=1S/C8H16/c1-8(2)6-4-3-5-7-8/h3-7H2,1-2H3. The molecular formula is C8H16. The molecule has 0 saturated heterocycles. The smallest absolute Gasteiger partial charge is 0.0354 e. The van der Waals surface area contributed by atoms with Crippen molar-refractivity contribution in [3.8, 4) is 0 Å². The van der Waals surface area contributed by atoms with Crippen LogP contribution in [0.4, 0.5) is 0 Å². The molecular weight excluding hydrogens is 96.1 g/mol. The van der Waals surface area contributed by atoms with E-state index >= 15 is 0 Å². The van der Waals surface area contributed by atoms with E-state index in [4.69, 9.17) is 0 Å². The summed E-state index contributed by atoms with van der Waals surface area (Å²) < 4.78 is 0. The first-order chi connectivity index (χ1) is 3.71. The van der Waals surface area contributed by atoms with E-state index in [0.717, 1.165) is 0 Å². The van der Waals surface area contributed by atoms with Gasteiger partial charge in [-0.25, -0.2) is 0 Å². The molecule has 0 nitrogen and oxygen atoms in total. The van der Waals surface area contributed by atoms with Crippen LogP contribution in [0.25, 0.3) is 0 Å². The summed E-state index contributed by atoms with van der Waals surface area (Å²) in [7, 11) is 0. The van der Waals surface area contributed by atoms with Crippen LogP contribution < -0.4 is 0 Å². The average Bonchev–Trinajstić information content (AvgIpc) is 1.65. The van der Waals surface area contributed by atoms with Crippen molar-refractivity contribution in [1.29, 1.82) is 0 Å². The summed E-state index contributed by atoms with van der Waals surface area (Å²) in [4.78, 5) is 0. The van der Waals surface area contributed by atoms with Crippen LogP contribution >= 0.6 is 0 Å². The summed E-state index contributed by atoms with van der Waals surface area (Å²) in [6.45, 7) is 4.76. The minimum Gasteiger partial charge on any atom is -0.0599 e. The Hall–Kier alpha value is 0. The molecule has 1 aliphatic carbocycles. The molecule has 0 unspecified atom stereocenters. The van der Waals surface area contributed by atoms with Crippen LogP contribution in [0.5, 0.6) is 0 Å². The van der Waals surface area contributed by atoms with Gasteiger partial charge in [-0.15, -0.1) is 0 Å². The molecule has 0 aliphatic heterocycles. The van der Waals surface area contributed by atoms with Crippen molar-refractivity contribution in [2.24, 2.45) is 5.41 Å². The molecule has 1 rings (SSSR count). The molecule has 0 spiro atoms. The second-order valence-corrected chi connectivity index (χ2v) is 3.72. The van der Waals surface area contributed by atoms with Crippen LogP contribution in [0.15, 0.2) is 0 Å². The van der Waals surface area contributed by atoms with Crippen LogP contribution in [-0.2, 0) is 0 Å². The molecule has 0 atom stereocenters. The monoisotopic (exact) mass is 112 g/mol. The highest BCUT2D eigenvalue weighted by atomic mass is 14.3. The van der Waals surface area contributed by atoms with Crippen molar-refractivity contribution in [2.45, 2.75) is 46.0 Å². The van der Waals surface area contributed by atoms with Crippen molar-refractivity contribution >= 4 is 0 Å². The predicted octanol–water partition coefficient (Wildman–Crippen LogP) is 2.98. The second kappa shape index (κ2) is 2.08. The summed E-state index contributed by atoms with van der Waals surface area (Å²) in [5, 5.41) is 0. The van der Waals surface area contributed by atoms with Gasteiger partial charge in [-0.3, -0.25) is 0 Å². The van der Waals surface area contributed by atoms with Gasteiger partial charge in [0.25, 0.3) is 0 Å². The highest BCUT2D eigenvalue weighted by molar-refractivity contribution is 4.72. The van der Waals surface area contributed by atoms with E-state index in [1.165, 1.54) is 32.1 Å². The van der Waals surface area contributed by atoms with Gasteiger partial charge in [0, 0.05) is 0 Å². The Balaban J connectivity index is 2.33. The fourth-order valence-corrected chi connectivity index (χ4v) is 1.51. The second-order valence-electron chi connectivity index (χ2n) is 3.72. The summed E-state index contributed by atoms with van der Waals surface area (Å²) in [5.41, 5.74) is 0.679. The van der Waals surface area contributed by atoms with E-state index in [0.29, 0.717) is 5.41 Å². The van der Waals surface area contributed by atoms with Gasteiger partial charge in [0.05, 0.1) is 0 Å². The van der Waals surface area contributed by atoms with E-state index in [1.54, 1.807) is 0 Å². The molecule has 0 aromatic carbocycles. The molecule has 0 heteroatoms. The van der Waals surface area contributed by atoms with Crippen molar-refractivity contribution < 1.29 is 0 Å². The molecule has 1 saturated carbocycles. The number of hydrogen-bond donors (Lipinski definition) is 0. The molecule has 0 N–H and O–H groups in total. The lowest BCUT2D eigenvalue weighted by Gasteiger charge is -2.28. The average molecular weight is 112 g/mol. The fraction of sp³-hybridized carbons (Fsp3) is 1.00. The Kier molecular flexibility index (Phi) is 1.59. The van der Waals surface area contributed by atoms with Gasteiger partial charge in [0.2, 0.25) is 0 Å². The summed E-state index contributed by atoms with van der Waals surface area (Å²) >= 11 is 0. The van der Waals surface area contributed by atoms with Crippen LogP contribution in [-0.4, -0.2) is 0 Å². The zero-order valence-electron chi connectivity index (χ0n) is 6.04. The number of rotatable bonds is 0. The first-order valence-electron chi connectivity index (χ1n) is 3.71. The van der Waals surface area contributed by atoms with E-state index in [1.807, 2.05) is 0 Å². The first-order valence-corrected chi connectivity index (χ1v) is 3.71. The molecule has 0 amide bonds. The van der Waals surface area contributed by atoms with Gasteiger partial charge < -0.3 is 0 Å². The van der Waals surface area contributed by atoms with Gasteiger partial charge in [0.15, 0.2) is 0 Å². The highest BCUT2D eigenvalue weighted by Gasteiger charge is 2.19. The largest absolute Gasteiger partial charge is 0.0599 e. The first kappa shape index (κ1) is 6.12. The minimum absolute atomic E-state index is 0.679. The highest BCUT2D eigenvalue weighted by Crippen LogP contribution is 2.34. The van der Waals surface area contributed by atoms with Crippen LogP contribution in [0, 0.1) is 5.41 Å². The van der Waals surface area contributed by atoms with E-state index in [9.17, 15) is 0 Å². The molecule has 0 aromatic rings. The third-order valence-corrected chi connectivity index (χ3v) is 2.21. The maximum Gasteiger partial charge on any atom is -0.0354 e. The quantitative estimate of drug-likeness (QED) is 0.452. The third-order valence-electron chi connectivity index (χ3n) is 2.21. The van der Waals surface area contributed by atoms with Gasteiger partial charge in [-0.05, 0) is 18.3 Å². The van der Waals surface area contributed by atoms with Gasteiger partial charge >= 0.3 is 0 Å². The summed E-state index contributed by atoms with van der Waals surface area (Å²) in [6.07, 6.45) is 7.31. The van der Waals surface area contributed by atoms with E-state index in [2.05, 4.69) is 13.8 Å². The van der Waals surface area contributed by atoms with Gasteiger partial charge in [-0.1, -0.05) is 33.1 Å². The third kappa shape index (κ3) is 1.50. The molecule has 0 aromatic heterocycles. The predicted molar refractivity (Wildman–Crippen MR) is 36.9 cm³/mol. The Morgan fingerprint density at radius 3 is 1.62 bits per heavy atom. The molecule has 0 radical (unpaired) electrons. The summed E-state index contributed by atoms with van der Waals surface area (Å²) in [5.74, 6) is 0. The molecule has 8 heavy (non-hydrogen) atoms. The minimum atomic E-state index is 0.679. The van der Waals surface area contributed by atoms with Gasteiger partial charge in [-0.2, -0.15) is 0 Å². The van der Waals surface area contributed by atoms with Crippen molar-refractivity contribution in [3.63, 3.8) is 0 Å². The van der Waals surface area contributed by atoms with E-state index in [-0.39, 0.29) is 0 Å². The lowest BCUT2D eigenvalue weighted by Crippen LogP contribution is -2.14. The SMILES string of the molecule is CC1(C)CCCCC1. The van der Waals surface area contributed by atoms with E-state index < -0.39 is 0 Å². The Bertz CT molecular complexity index is 64.1. The van der Waals surface area contributed by atoms with Crippen LogP contribution in [0.3, 0.4) is 0 Å². The molecule has 1 fully saturated rings. The van der Waals surface area contributed by atoms with Crippen molar-refractivity contribution in [2.75, 3.05) is 0 Å². The van der Waals surface area contributed by atoms with Crippen molar-refractivity contribution in [1.82, 2.24) is 0 Å². The normalized spacial score (nSPS) is 27.8. The molecule has 48 valence electrons. The molecule has 0 bridgehead atoms. The lowest BCUT2D eigenvalue weighted by molar-refractivity contribution is 0.244. The Labute approximate surface area is 52.3 Å². The van der Waals surface area contributed by atoms with Crippen LogP contribution in [0.2, 0.25) is 0 Å². The maximum atomic E-state index is 2.38.